The maximum absolute atomic E-state index is 11.5. The molecule has 84 valence electrons. The summed E-state index contributed by atoms with van der Waals surface area (Å²) >= 11 is 0. The predicted octanol–water partition coefficient (Wildman–Crippen LogP) is 0.724. The molecule has 0 saturated heterocycles. The van der Waals surface area contributed by atoms with Gasteiger partial charge in [-0.1, -0.05) is 0 Å². The number of nitrogens with one attached hydrogen (secondary N) is 1. The van der Waals surface area contributed by atoms with Crippen LogP contribution >= 0.6 is 0 Å². The molecule has 0 bridgehead atoms. The summed E-state index contributed by atoms with van der Waals surface area (Å²) in [5, 5.41) is 0. The molecule has 0 aliphatic rings. The van der Waals surface area contributed by atoms with Gasteiger partial charge in [0.15, 0.2) is 6.61 Å². The Morgan fingerprint density at radius 3 is 2.29 bits per heavy atom. The number of nitrogens with two attached hydrogens (primary N) is 1. The third-order valence-corrected chi connectivity index (χ3v) is 1.04. The van der Waals surface area contributed by atoms with E-state index in [1.54, 1.807) is 19.3 Å². The van der Waals surface area contributed by atoms with Crippen molar-refractivity contribution in [3.05, 3.63) is 0 Å². The van der Waals surface area contributed by atoms with Crippen molar-refractivity contribution < 1.29 is 22.8 Å². The first-order chi connectivity index (χ1) is 6.10. The van der Waals surface area contributed by atoms with E-state index in [2.05, 4.69) is 4.84 Å². The Hall–Kier alpha value is -0.820. The third-order valence-electron chi connectivity index (χ3n) is 1.04. The third kappa shape index (κ3) is 9.27. The topological polar surface area (TPSA) is 64.4 Å². The van der Waals surface area contributed by atoms with Gasteiger partial charge < -0.3 is 5.73 Å². The number of alkyl halides is 3. The molecule has 7 heteroatoms. The first-order valence-electron chi connectivity index (χ1n) is 3.86. The smallest absolute Gasteiger partial charge is 0.325 e. The number of carbonyl (C=O) groups is 1. The Kier molecular flexibility index (Phi) is 4.34. The number of hydroxylamine groups is 1. The Morgan fingerprint density at radius 1 is 1.43 bits per heavy atom. The Labute approximate surface area is 79.5 Å². The maximum atomic E-state index is 11.5. The Balaban J connectivity index is 3.66. The largest absolute Gasteiger partial charge is 0.414 e. The van der Waals surface area contributed by atoms with Crippen LogP contribution in [0.25, 0.3) is 0 Å². The van der Waals surface area contributed by atoms with Gasteiger partial charge in [-0.2, -0.15) is 13.2 Å². The monoisotopic (exact) mass is 214 g/mol. The second-order valence-electron chi connectivity index (χ2n) is 3.59. The normalized spacial score (nSPS) is 12.7. The van der Waals surface area contributed by atoms with Crippen molar-refractivity contribution in [3.63, 3.8) is 0 Å². The lowest BCUT2D eigenvalue weighted by Gasteiger charge is -2.17. The number of carbonyl (C=O) groups excluding carboxylic acids is 1. The van der Waals surface area contributed by atoms with E-state index in [1.807, 2.05) is 0 Å². The van der Waals surface area contributed by atoms with Gasteiger partial charge in [-0.15, -0.1) is 0 Å². The van der Waals surface area contributed by atoms with E-state index in [0.717, 1.165) is 0 Å². The van der Waals surface area contributed by atoms with Gasteiger partial charge in [0.05, 0.1) is 0 Å². The van der Waals surface area contributed by atoms with Crippen molar-refractivity contribution in [1.29, 1.82) is 0 Å². The van der Waals surface area contributed by atoms with E-state index < -0.39 is 24.2 Å². The van der Waals surface area contributed by atoms with Gasteiger partial charge in [0.2, 0.25) is 5.91 Å². The van der Waals surface area contributed by atoms with Crippen molar-refractivity contribution in [3.8, 4) is 0 Å². The molecule has 4 nitrogen and oxygen atoms in total. The molecule has 0 rings (SSSR count). The molecule has 0 saturated carbocycles. The predicted molar refractivity (Wildman–Crippen MR) is 43.0 cm³/mol. The first kappa shape index (κ1) is 13.2. The number of hydrogen-bond acceptors (Lipinski definition) is 3. The van der Waals surface area contributed by atoms with Crippen LogP contribution in [0.15, 0.2) is 0 Å². The molecule has 0 spiro atoms. The molecule has 0 heterocycles. The lowest BCUT2D eigenvalue weighted by molar-refractivity contribution is -0.191. The first-order valence-corrected chi connectivity index (χ1v) is 3.86. The molecule has 1 amide bonds. The average molecular weight is 214 g/mol. The van der Waals surface area contributed by atoms with Crippen molar-refractivity contribution in [1.82, 2.24) is 5.48 Å². The van der Waals surface area contributed by atoms with Gasteiger partial charge >= 0.3 is 6.18 Å². The standard InChI is InChI=1S/C7H13F3N2O2/c1-6(2,11)3-5(13)12-14-4-7(8,9)10/h3-4,11H2,1-2H3,(H,12,13). The van der Waals surface area contributed by atoms with Crippen LogP contribution in [0.3, 0.4) is 0 Å². The average Bonchev–Trinajstić information content (AvgIpc) is 1.78. The van der Waals surface area contributed by atoms with Crippen molar-refractivity contribution in [2.75, 3.05) is 6.61 Å². The molecule has 0 atom stereocenters. The molecule has 0 aliphatic heterocycles. The summed E-state index contributed by atoms with van der Waals surface area (Å²) in [6.45, 7) is 1.65. The summed E-state index contributed by atoms with van der Waals surface area (Å²) in [5.41, 5.74) is 6.34. The summed E-state index contributed by atoms with van der Waals surface area (Å²) in [6, 6.07) is 0. The van der Waals surface area contributed by atoms with Gasteiger partial charge in [-0.25, -0.2) is 5.48 Å². The van der Waals surface area contributed by atoms with E-state index in [-0.39, 0.29) is 6.42 Å². The summed E-state index contributed by atoms with van der Waals surface area (Å²) in [4.78, 5) is 14.8. The Bertz CT molecular complexity index is 198. The van der Waals surface area contributed by atoms with Crippen LogP contribution < -0.4 is 11.2 Å². The molecule has 14 heavy (non-hydrogen) atoms. The zero-order valence-electron chi connectivity index (χ0n) is 7.94. The molecule has 0 unspecified atom stereocenters. The molecule has 0 radical (unpaired) electrons. The zero-order valence-corrected chi connectivity index (χ0v) is 7.94. The van der Waals surface area contributed by atoms with Gasteiger partial charge in [0.1, 0.15) is 0 Å². The fourth-order valence-electron chi connectivity index (χ4n) is 0.648. The molecule has 0 aromatic heterocycles. The minimum Gasteiger partial charge on any atom is -0.325 e. The molecular weight excluding hydrogens is 201 g/mol. The van der Waals surface area contributed by atoms with Gasteiger partial charge in [-0.3, -0.25) is 9.63 Å². The van der Waals surface area contributed by atoms with Crippen LogP contribution in [-0.4, -0.2) is 24.2 Å². The summed E-state index contributed by atoms with van der Waals surface area (Å²) < 4.78 is 34.6. The van der Waals surface area contributed by atoms with Gasteiger partial charge in [0.25, 0.3) is 0 Å². The molecular formula is C7H13F3N2O2. The van der Waals surface area contributed by atoms with Crippen LogP contribution in [0.4, 0.5) is 13.2 Å². The molecule has 0 aromatic rings. The number of rotatable bonds is 4. The highest BCUT2D eigenvalue weighted by atomic mass is 19.4. The Morgan fingerprint density at radius 2 is 1.93 bits per heavy atom. The van der Waals surface area contributed by atoms with Crippen molar-refractivity contribution >= 4 is 5.91 Å². The van der Waals surface area contributed by atoms with E-state index in [9.17, 15) is 18.0 Å². The number of amides is 1. The van der Waals surface area contributed by atoms with Crippen LogP contribution in [-0.2, 0) is 9.63 Å². The van der Waals surface area contributed by atoms with Crippen molar-refractivity contribution in [2.24, 2.45) is 5.73 Å². The van der Waals surface area contributed by atoms with Gasteiger partial charge in [-0.05, 0) is 13.8 Å². The number of halogens is 3. The lowest BCUT2D eigenvalue weighted by atomic mass is 10.0. The van der Waals surface area contributed by atoms with E-state index in [0.29, 0.717) is 0 Å². The van der Waals surface area contributed by atoms with Crippen molar-refractivity contribution in [2.45, 2.75) is 32.0 Å². The van der Waals surface area contributed by atoms with E-state index in [1.165, 1.54) is 0 Å². The van der Waals surface area contributed by atoms with Gasteiger partial charge in [0, 0.05) is 12.0 Å². The van der Waals surface area contributed by atoms with Crippen LogP contribution in [0.5, 0.6) is 0 Å². The molecule has 3 N–H and O–H groups in total. The summed E-state index contributed by atoms with van der Waals surface area (Å²) in [5.74, 6) is -0.679. The summed E-state index contributed by atoms with van der Waals surface area (Å²) in [7, 11) is 0. The van der Waals surface area contributed by atoms with E-state index in [4.69, 9.17) is 5.73 Å². The lowest BCUT2D eigenvalue weighted by Crippen LogP contribution is -2.39. The quantitative estimate of drug-likeness (QED) is 0.678. The second kappa shape index (κ2) is 4.61. The second-order valence-corrected chi connectivity index (χ2v) is 3.59. The fourth-order valence-corrected chi connectivity index (χ4v) is 0.648. The highest BCUT2D eigenvalue weighted by Crippen LogP contribution is 2.13. The maximum Gasteiger partial charge on any atom is 0.414 e. The minimum atomic E-state index is -4.45. The zero-order chi connectivity index (χ0) is 11.4. The highest BCUT2D eigenvalue weighted by Gasteiger charge is 2.28. The van der Waals surface area contributed by atoms with Crippen LogP contribution in [0.2, 0.25) is 0 Å². The fraction of sp³-hybridized carbons (Fsp3) is 0.857. The van der Waals surface area contributed by atoms with Crippen LogP contribution in [0.1, 0.15) is 20.3 Å². The molecule has 0 aliphatic carbocycles. The van der Waals surface area contributed by atoms with Crippen LogP contribution in [0, 0.1) is 0 Å². The summed E-state index contributed by atoms with van der Waals surface area (Å²) in [6.07, 6.45) is -4.56. The minimum absolute atomic E-state index is 0.106. The number of hydrogen-bond donors (Lipinski definition) is 2. The SMILES string of the molecule is CC(C)(N)CC(=O)NOCC(F)(F)F. The molecule has 0 aromatic carbocycles. The van der Waals surface area contributed by atoms with E-state index >= 15 is 0 Å². The highest BCUT2D eigenvalue weighted by molar-refractivity contribution is 5.75. The molecule has 0 fully saturated rings.